The van der Waals surface area contributed by atoms with Crippen LogP contribution in [0.4, 0.5) is 5.82 Å². The van der Waals surface area contributed by atoms with Crippen molar-refractivity contribution >= 4 is 11.7 Å². The Kier molecular flexibility index (Phi) is 3.52. The van der Waals surface area contributed by atoms with Crippen molar-refractivity contribution in [1.82, 2.24) is 4.57 Å². The molecule has 0 aromatic carbocycles. The quantitative estimate of drug-likeness (QED) is 0.574. The number of nitrogen functional groups attached to an aromatic ring is 1. The Morgan fingerprint density at radius 1 is 1.50 bits per heavy atom. The maximum Gasteiger partial charge on any atom is 0.289 e. The van der Waals surface area contributed by atoms with Gasteiger partial charge in [-0.15, -0.1) is 0 Å². The number of rotatable bonds is 1. The number of hydrogen-bond donors (Lipinski definition) is 1. The number of nitrogens with one attached hydrogen (secondary N) is 1. The van der Waals surface area contributed by atoms with E-state index in [0.29, 0.717) is 5.82 Å². The molecule has 0 aliphatic heterocycles. The first-order valence-corrected chi connectivity index (χ1v) is 4.67. The van der Waals surface area contributed by atoms with Crippen molar-refractivity contribution in [2.75, 3.05) is 5.73 Å². The first-order chi connectivity index (χ1) is 6.27. The molecule has 0 spiro atoms. The molecule has 0 amide bonds. The maximum absolute atomic E-state index is 11.7. The lowest BCUT2D eigenvalue weighted by molar-refractivity contribution is -0.359. The molecule has 1 fully saturated rings. The van der Waals surface area contributed by atoms with Gasteiger partial charge in [0.15, 0.2) is 6.33 Å². The zero-order valence-electron chi connectivity index (χ0n) is 7.87. The van der Waals surface area contributed by atoms with Crippen molar-refractivity contribution in [3.05, 3.63) is 12.5 Å². The molecule has 0 unspecified atom stereocenters. The number of imidazole rings is 1. The van der Waals surface area contributed by atoms with Crippen LogP contribution in [0.25, 0.3) is 0 Å². The summed E-state index contributed by atoms with van der Waals surface area (Å²) in [6.07, 6.45) is 7.66. The Morgan fingerprint density at radius 3 is 2.64 bits per heavy atom. The number of carbonyl (C=O) groups excluding carboxylic acids is 1. The predicted molar refractivity (Wildman–Crippen MR) is 48.0 cm³/mol. The fourth-order valence-electron chi connectivity index (χ4n) is 1.88. The van der Waals surface area contributed by atoms with Crippen LogP contribution >= 0.6 is 0 Å². The number of nitrogens with zero attached hydrogens (tertiary/aromatic N) is 1. The first-order valence-electron chi connectivity index (χ1n) is 4.67. The van der Waals surface area contributed by atoms with Crippen molar-refractivity contribution in [2.45, 2.75) is 25.7 Å². The molecule has 4 nitrogen and oxygen atoms in total. The minimum Gasteiger partial charge on any atom is -1.00 e. The summed E-state index contributed by atoms with van der Waals surface area (Å²) in [6, 6.07) is 0. The number of anilines is 1. The molecule has 1 heterocycles. The lowest BCUT2D eigenvalue weighted by atomic mass is 10.1. The molecule has 1 aliphatic carbocycles. The molecule has 0 atom stereocenters. The predicted octanol–water partition coefficient (Wildman–Crippen LogP) is -2.28. The Balaban J connectivity index is 0.000000980. The number of hydrogen-bond acceptors (Lipinski definition) is 2. The van der Waals surface area contributed by atoms with Crippen LogP contribution in [0.1, 0.15) is 30.5 Å². The molecule has 1 saturated carbocycles. The minimum absolute atomic E-state index is 0. The van der Waals surface area contributed by atoms with Gasteiger partial charge in [0, 0.05) is 0 Å². The molecule has 14 heavy (non-hydrogen) atoms. The third-order valence-corrected chi connectivity index (χ3v) is 2.61. The molecule has 3 N–H and O–H groups in total. The van der Waals surface area contributed by atoms with E-state index >= 15 is 0 Å². The second-order valence-corrected chi connectivity index (χ2v) is 3.58. The number of halogens is 1. The average molecular weight is 216 g/mol. The van der Waals surface area contributed by atoms with E-state index in [1.54, 1.807) is 17.1 Å². The number of H-pyrrole nitrogens is 1. The molecule has 0 bridgehead atoms. The van der Waals surface area contributed by atoms with Crippen LogP contribution in [0.5, 0.6) is 0 Å². The molecule has 1 aromatic rings. The van der Waals surface area contributed by atoms with Crippen molar-refractivity contribution < 1.29 is 22.2 Å². The summed E-state index contributed by atoms with van der Waals surface area (Å²) >= 11 is 0. The Bertz CT molecular complexity index is 318. The second-order valence-electron chi connectivity index (χ2n) is 3.58. The smallest absolute Gasteiger partial charge is 0.289 e. The lowest BCUT2D eigenvalue weighted by Gasteiger charge is -2.03. The highest BCUT2D eigenvalue weighted by molar-refractivity contribution is 5.81. The summed E-state index contributed by atoms with van der Waals surface area (Å²) in [6.45, 7) is 0. The van der Waals surface area contributed by atoms with E-state index in [-0.39, 0.29) is 24.2 Å². The van der Waals surface area contributed by atoms with Gasteiger partial charge in [-0.25, -0.2) is 4.57 Å². The molecule has 5 heteroatoms. The van der Waals surface area contributed by atoms with Crippen LogP contribution in [0.15, 0.2) is 12.5 Å². The standard InChI is InChI=1S/C9H13N3O.ClH/c10-8-5-12(6-11-8)9(13)7-3-1-2-4-7;/h5-7H,1-4,10H2;1H. The van der Waals surface area contributed by atoms with Crippen LogP contribution in [-0.4, -0.2) is 10.5 Å². The number of nitrogens with two attached hydrogens (primary N) is 1. The average Bonchev–Trinajstić information content (AvgIpc) is 2.72. The summed E-state index contributed by atoms with van der Waals surface area (Å²) < 4.78 is 1.56. The zero-order valence-corrected chi connectivity index (χ0v) is 8.63. The van der Waals surface area contributed by atoms with Gasteiger partial charge < -0.3 is 18.1 Å². The van der Waals surface area contributed by atoms with E-state index in [1.807, 2.05) is 0 Å². The maximum atomic E-state index is 11.7. The fraction of sp³-hybridized carbons (Fsp3) is 0.556. The second kappa shape index (κ2) is 4.46. The topological polar surface area (TPSA) is 62.2 Å². The van der Waals surface area contributed by atoms with E-state index < -0.39 is 0 Å². The van der Waals surface area contributed by atoms with Gasteiger partial charge >= 0.3 is 0 Å². The third kappa shape index (κ3) is 2.07. The molecule has 0 radical (unpaired) electrons. The van der Waals surface area contributed by atoms with Gasteiger partial charge in [0.25, 0.3) is 5.91 Å². The van der Waals surface area contributed by atoms with Gasteiger partial charge in [-0.2, -0.15) is 0 Å². The van der Waals surface area contributed by atoms with E-state index in [2.05, 4.69) is 4.98 Å². The van der Waals surface area contributed by atoms with Gasteiger partial charge in [0.1, 0.15) is 6.20 Å². The van der Waals surface area contributed by atoms with E-state index in [9.17, 15) is 4.79 Å². The summed E-state index contributed by atoms with van der Waals surface area (Å²) in [7, 11) is 0. The monoisotopic (exact) mass is 215 g/mol. The van der Waals surface area contributed by atoms with Crippen molar-refractivity contribution in [3.63, 3.8) is 0 Å². The van der Waals surface area contributed by atoms with Crippen molar-refractivity contribution in [2.24, 2.45) is 5.92 Å². The highest BCUT2D eigenvalue weighted by Crippen LogP contribution is 2.25. The van der Waals surface area contributed by atoms with Crippen LogP contribution in [-0.2, 0) is 0 Å². The van der Waals surface area contributed by atoms with E-state index in [1.165, 1.54) is 12.8 Å². The summed E-state index contributed by atoms with van der Waals surface area (Å²) in [4.78, 5) is 14.5. The highest BCUT2D eigenvalue weighted by Gasteiger charge is 2.26. The molecule has 2 rings (SSSR count). The van der Waals surface area contributed by atoms with Crippen molar-refractivity contribution in [1.29, 1.82) is 0 Å². The van der Waals surface area contributed by atoms with Gasteiger partial charge in [-0.3, -0.25) is 9.78 Å². The molecule has 78 valence electrons. The van der Waals surface area contributed by atoms with Gasteiger partial charge in [-0.05, 0) is 12.8 Å². The largest absolute Gasteiger partial charge is 1.00 e. The van der Waals surface area contributed by atoms with Gasteiger partial charge in [-0.1, -0.05) is 12.8 Å². The third-order valence-electron chi connectivity index (χ3n) is 2.61. The SMILES string of the molecule is Nc1cn(C(=O)C2CCCC2)c[nH+]1.[Cl-]. The van der Waals surface area contributed by atoms with Crippen LogP contribution in [0.3, 0.4) is 0 Å². The van der Waals surface area contributed by atoms with E-state index in [4.69, 9.17) is 5.73 Å². The first kappa shape index (κ1) is 11.0. The summed E-state index contributed by atoms with van der Waals surface area (Å²) in [5, 5.41) is 0. The van der Waals surface area contributed by atoms with Gasteiger partial charge in [0.05, 0.1) is 5.92 Å². The van der Waals surface area contributed by atoms with Gasteiger partial charge in [0.2, 0.25) is 5.82 Å². The summed E-state index contributed by atoms with van der Waals surface area (Å²) in [5.74, 6) is 0.914. The molecule has 1 aromatic heterocycles. The van der Waals surface area contributed by atoms with E-state index in [0.717, 1.165) is 12.8 Å². The summed E-state index contributed by atoms with van der Waals surface area (Å²) in [5.41, 5.74) is 5.49. The normalized spacial score (nSPS) is 16.6. The molecular formula is C9H14ClN3O. The fourth-order valence-corrected chi connectivity index (χ4v) is 1.88. The van der Waals surface area contributed by atoms with Crippen molar-refractivity contribution in [3.8, 4) is 0 Å². The van der Waals surface area contributed by atoms with Crippen LogP contribution in [0.2, 0.25) is 0 Å². The molecular weight excluding hydrogens is 202 g/mol. The molecule has 1 aliphatic rings. The zero-order chi connectivity index (χ0) is 9.26. The molecule has 0 saturated heterocycles. The minimum atomic E-state index is 0. The Hall–Kier alpha value is -1.03. The highest BCUT2D eigenvalue weighted by atomic mass is 35.5. The lowest BCUT2D eigenvalue weighted by Crippen LogP contribution is -3.00. The number of aromatic amines is 1. The number of aromatic nitrogens is 2. The number of carbonyl (C=O) groups is 1. The van der Waals surface area contributed by atoms with Crippen LogP contribution < -0.4 is 23.1 Å². The van der Waals surface area contributed by atoms with Crippen LogP contribution in [0, 0.1) is 5.92 Å². The Morgan fingerprint density at radius 2 is 2.14 bits per heavy atom. The Labute approximate surface area is 88.9 Å².